The number of rotatable bonds is 7. The van der Waals surface area contributed by atoms with Crippen molar-refractivity contribution in [2.24, 2.45) is 0 Å². The van der Waals surface area contributed by atoms with E-state index in [1.807, 2.05) is 30.3 Å². The van der Waals surface area contributed by atoms with Gasteiger partial charge in [0.15, 0.2) is 8.32 Å². The van der Waals surface area contributed by atoms with Gasteiger partial charge >= 0.3 is 0 Å². The molecule has 152 valence electrons. The smallest absolute Gasteiger partial charge is 0.225 e. The lowest BCUT2D eigenvalue weighted by Crippen LogP contribution is -2.44. The van der Waals surface area contributed by atoms with E-state index in [-0.39, 0.29) is 29.5 Å². The topological polar surface area (TPSA) is 61.8 Å². The van der Waals surface area contributed by atoms with Gasteiger partial charge in [0.25, 0.3) is 0 Å². The SMILES string of the molecule is CN(Cc1ccccc1)C(=O)CC(O)[C@@H]1C[C@@H](O[Si](C)(C)C(C)(C)C)CN1. The lowest BCUT2D eigenvalue weighted by molar-refractivity contribution is -0.132. The quantitative estimate of drug-likeness (QED) is 0.700. The summed E-state index contributed by atoms with van der Waals surface area (Å²) in [6, 6.07) is 9.81. The summed E-state index contributed by atoms with van der Waals surface area (Å²) in [5.74, 6) is -0.0399. The molecular weight excluding hydrogens is 356 g/mol. The molecule has 0 spiro atoms. The number of carbonyl (C=O) groups is 1. The molecule has 1 aromatic rings. The van der Waals surface area contributed by atoms with Crippen LogP contribution < -0.4 is 5.32 Å². The molecule has 6 heteroatoms. The summed E-state index contributed by atoms with van der Waals surface area (Å²) in [7, 11) is -0.0391. The third-order valence-corrected chi connectivity index (χ3v) is 10.5. The summed E-state index contributed by atoms with van der Waals surface area (Å²) in [5, 5.41) is 14.1. The maximum atomic E-state index is 12.5. The molecule has 1 fully saturated rings. The standard InChI is InChI=1S/C21H36N2O3Si/c1-21(2,3)27(5,6)26-17-12-18(22-14-17)19(24)13-20(25)23(4)15-16-10-8-7-9-11-16/h7-11,17-19,22,24H,12-15H2,1-6H3/t17-,18+,19?/m1/s1. The monoisotopic (exact) mass is 392 g/mol. The Morgan fingerprint density at radius 2 is 1.96 bits per heavy atom. The highest BCUT2D eigenvalue weighted by molar-refractivity contribution is 6.74. The maximum absolute atomic E-state index is 12.5. The molecule has 1 amide bonds. The van der Waals surface area contributed by atoms with Crippen molar-refractivity contribution in [1.82, 2.24) is 10.2 Å². The Kier molecular flexibility index (Phi) is 7.25. The molecule has 1 heterocycles. The van der Waals surface area contributed by atoms with Crippen molar-refractivity contribution in [2.75, 3.05) is 13.6 Å². The van der Waals surface area contributed by atoms with Gasteiger partial charge in [0.2, 0.25) is 5.91 Å². The van der Waals surface area contributed by atoms with Crippen LogP contribution in [0.25, 0.3) is 0 Å². The van der Waals surface area contributed by atoms with Crippen LogP contribution >= 0.6 is 0 Å². The fraction of sp³-hybridized carbons (Fsp3) is 0.667. The average molecular weight is 393 g/mol. The summed E-state index contributed by atoms with van der Waals surface area (Å²) in [6.45, 7) is 12.5. The third-order valence-electron chi connectivity index (χ3n) is 5.93. The number of hydrogen-bond acceptors (Lipinski definition) is 4. The Hall–Kier alpha value is -1.21. The van der Waals surface area contributed by atoms with Crippen molar-refractivity contribution in [3.8, 4) is 0 Å². The van der Waals surface area contributed by atoms with E-state index in [2.05, 4.69) is 39.2 Å². The molecule has 2 rings (SSSR count). The Morgan fingerprint density at radius 1 is 1.33 bits per heavy atom. The number of nitrogens with zero attached hydrogens (tertiary/aromatic N) is 1. The highest BCUT2D eigenvalue weighted by Gasteiger charge is 2.41. The van der Waals surface area contributed by atoms with E-state index in [1.54, 1.807) is 11.9 Å². The number of benzene rings is 1. The summed E-state index contributed by atoms with van der Waals surface area (Å²) in [5.41, 5.74) is 1.09. The predicted octanol–water partition coefficient (Wildman–Crippen LogP) is 3.15. The molecule has 0 aromatic heterocycles. The van der Waals surface area contributed by atoms with Crippen LogP contribution in [0.15, 0.2) is 30.3 Å². The molecule has 0 radical (unpaired) electrons. The lowest BCUT2D eigenvalue weighted by atomic mass is 10.0. The first-order chi connectivity index (χ1) is 12.5. The van der Waals surface area contributed by atoms with E-state index < -0.39 is 14.4 Å². The zero-order valence-electron chi connectivity index (χ0n) is 17.7. The van der Waals surface area contributed by atoms with E-state index in [1.165, 1.54) is 0 Å². The van der Waals surface area contributed by atoms with Gasteiger partial charge in [-0.05, 0) is 30.1 Å². The summed E-state index contributed by atoms with van der Waals surface area (Å²) >= 11 is 0. The minimum atomic E-state index is -1.82. The summed E-state index contributed by atoms with van der Waals surface area (Å²) in [4.78, 5) is 14.1. The van der Waals surface area contributed by atoms with Crippen LogP contribution in [0, 0.1) is 0 Å². The van der Waals surface area contributed by atoms with E-state index in [9.17, 15) is 9.90 Å². The molecule has 1 aliphatic heterocycles. The van der Waals surface area contributed by atoms with Crippen LogP contribution in [0.5, 0.6) is 0 Å². The third kappa shape index (κ3) is 6.14. The second-order valence-electron chi connectivity index (χ2n) is 9.26. The first kappa shape index (κ1) is 22.1. The number of aliphatic hydroxyl groups excluding tert-OH is 1. The molecular formula is C21H36N2O3Si. The second-order valence-corrected chi connectivity index (χ2v) is 14.0. The number of amides is 1. The van der Waals surface area contributed by atoms with Gasteiger partial charge < -0.3 is 19.7 Å². The minimum Gasteiger partial charge on any atom is -0.413 e. The highest BCUT2D eigenvalue weighted by Crippen LogP contribution is 2.38. The van der Waals surface area contributed by atoms with Crippen molar-refractivity contribution in [2.45, 2.75) is 76.5 Å². The lowest BCUT2D eigenvalue weighted by Gasteiger charge is -2.38. The van der Waals surface area contributed by atoms with E-state index in [4.69, 9.17) is 4.43 Å². The molecule has 0 aliphatic carbocycles. The number of aliphatic hydroxyl groups is 1. The molecule has 1 aromatic carbocycles. The average Bonchev–Trinajstić information content (AvgIpc) is 3.02. The van der Waals surface area contributed by atoms with Gasteiger partial charge in [0.05, 0.1) is 18.6 Å². The van der Waals surface area contributed by atoms with E-state index in [0.29, 0.717) is 6.54 Å². The summed E-state index contributed by atoms with van der Waals surface area (Å²) < 4.78 is 6.44. The Balaban J connectivity index is 1.82. The number of hydrogen-bond donors (Lipinski definition) is 2. The second kappa shape index (κ2) is 8.86. The van der Waals surface area contributed by atoms with Crippen molar-refractivity contribution in [3.05, 3.63) is 35.9 Å². The van der Waals surface area contributed by atoms with Crippen LogP contribution in [0.3, 0.4) is 0 Å². The van der Waals surface area contributed by atoms with Crippen LogP contribution in [0.2, 0.25) is 18.1 Å². The van der Waals surface area contributed by atoms with Crippen molar-refractivity contribution < 1.29 is 14.3 Å². The largest absolute Gasteiger partial charge is 0.413 e. The Bertz CT molecular complexity index is 616. The van der Waals surface area contributed by atoms with Crippen LogP contribution in [-0.2, 0) is 15.8 Å². The molecule has 27 heavy (non-hydrogen) atoms. The minimum absolute atomic E-state index is 0.0399. The van der Waals surface area contributed by atoms with E-state index >= 15 is 0 Å². The zero-order valence-corrected chi connectivity index (χ0v) is 18.7. The van der Waals surface area contributed by atoms with Gasteiger partial charge in [-0.15, -0.1) is 0 Å². The van der Waals surface area contributed by atoms with Crippen molar-refractivity contribution in [1.29, 1.82) is 0 Å². The first-order valence-electron chi connectivity index (χ1n) is 9.87. The van der Waals surface area contributed by atoms with Gasteiger partial charge in [0, 0.05) is 26.2 Å². The molecule has 1 unspecified atom stereocenters. The van der Waals surface area contributed by atoms with E-state index in [0.717, 1.165) is 18.5 Å². The number of carbonyl (C=O) groups excluding carboxylic acids is 1. The molecule has 5 nitrogen and oxygen atoms in total. The van der Waals surface area contributed by atoms with Gasteiger partial charge in [-0.2, -0.15) is 0 Å². The number of nitrogens with one attached hydrogen (secondary N) is 1. The Labute approximate surface area is 165 Å². The molecule has 3 atom stereocenters. The van der Waals surface area contributed by atoms with Gasteiger partial charge in [0.1, 0.15) is 0 Å². The predicted molar refractivity (Wildman–Crippen MR) is 112 cm³/mol. The van der Waals surface area contributed by atoms with Gasteiger partial charge in [-0.25, -0.2) is 0 Å². The molecule has 1 saturated heterocycles. The zero-order chi connectivity index (χ0) is 20.2. The van der Waals surface area contributed by atoms with Crippen molar-refractivity contribution in [3.63, 3.8) is 0 Å². The summed E-state index contributed by atoms with van der Waals surface area (Å²) in [6.07, 6.45) is 0.309. The molecule has 0 saturated carbocycles. The molecule has 0 bridgehead atoms. The van der Waals surface area contributed by atoms with Gasteiger partial charge in [-0.3, -0.25) is 4.79 Å². The first-order valence-corrected chi connectivity index (χ1v) is 12.8. The molecule has 2 N–H and O–H groups in total. The fourth-order valence-corrected chi connectivity index (χ4v) is 4.50. The molecule has 1 aliphatic rings. The fourth-order valence-electron chi connectivity index (χ4n) is 3.13. The van der Waals surface area contributed by atoms with Gasteiger partial charge in [-0.1, -0.05) is 51.1 Å². The normalized spacial score (nSPS) is 21.9. The van der Waals surface area contributed by atoms with Crippen molar-refractivity contribution >= 4 is 14.2 Å². The highest BCUT2D eigenvalue weighted by atomic mass is 28.4. The van der Waals surface area contributed by atoms with Crippen LogP contribution in [-0.4, -0.2) is 56.1 Å². The Morgan fingerprint density at radius 3 is 2.56 bits per heavy atom. The van der Waals surface area contributed by atoms with Crippen LogP contribution in [0.1, 0.15) is 39.2 Å². The van der Waals surface area contributed by atoms with Crippen LogP contribution in [0.4, 0.5) is 0 Å². The maximum Gasteiger partial charge on any atom is 0.225 e.